The number of amides is 2. The van der Waals surface area contributed by atoms with E-state index in [0.29, 0.717) is 10.6 Å². The summed E-state index contributed by atoms with van der Waals surface area (Å²) in [5.41, 5.74) is 6.65. The van der Waals surface area contributed by atoms with Gasteiger partial charge in [-0.3, -0.25) is 19.7 Å². The number of nitrogens with two attached hydrogens (primary N) is 1. The van der Waals surface area contributed by atoms with E-state index < -0.39 is 16.7 Å². The van der Waals surface area contributed by atoms with Crippen molar-refractivity contribution in [1.82, 2.24) is 0 Å². The molecule has 1 aliphatic rings. The van der Waals surface area contributed by atoms with Gasteiger partial charge in [-0.15, -0.1) is 11.3 Å². The van der Waals surface area contributed by atoms with Gasteiger partial charge in [0.15, 0.2) is 0 Å². The van der Waals surface area contributed by atoms with Gasteiger partial charge in [0.05, 0.1) is 21.1 Å². The number of thiophene rings is 1. The molecule has 3 rings (SSSR count). The van der Waals surface area contributed by atoms with Gasteiger partial charge in [-0.25, -0.2) is 0 Å². The molecule has 7 nitrogen and oxygen atoms in total. The second-order valence-corrected chi connectivity index (χ2v) is 7.17. The SMILES string of the molecule is NC(=O)c1c(NC(=O)c2ccc([N+](=O)[O-])cc2Cl)sc2c1CCCC2. The molecule has 2 aromatic rings. The van der Waals surface area contributed by atoms with Gasteiger partial charge in [-0.2, -0.15) is 0 Å². The summed E-state index contributed by atoms with van der Waals surface area (Å²) >= 11 is 7.33. The zero-order valence-corrected chi connectivity index (χ0v) is 14.6. The third-order valence-corrected chi connectivity index (χ3v) is 5.57. The van der Waals surface area contributed by atoms with Gasteiger partial charge in [0, 0.05) is 17.0 Å². The predicted octanol–water partition coefficient (Wildman–Crippen LogP) is 3.54. The van der Waals surface area contributed by atoms with Crippen molar-refractivity contribution in [2.24, 2.45) is 5.73 Å². The molecule has 9 heteroatoms. The van der Waals surface area contributed by atoms with E-state index in [9.17, 15) is 19.7 Å². The highest BCUT2D eigenvalue weighted by Crippen LogP contribution is 2.38. The number of fused-ring (bicyclic) bond motifs is 1. The van der Waals surface area contributed by atoms with Gasteiger partial charge in [0.25, 0.3) is 17.5 Å². The lowest BCUT2D eigenvalue weighted by atomic mass is 9.95. The number of rotatable bonds is 4. The molecule has 0 saturated heterocycles. The molecule has 0 spiro atoms. The maximum atomic E-state index is 12.5. The molecule has 3 N–H and O–H groups in total. The number of hydrogen-bond donors (Lipinski definition) is 2. The van der Waals surface area contributed by atoms with E-state index >= 15 is 0 Å². The van der Waals surface area contributed by atoms with Gasteiger partial charge in [-0.05, 0) is 37.3 Å². The third-order valence-electron chi connectivity index (χ3n) is 4.05. The molecule has 1 aliphatic carbocycles. The Labute approximate surface area is 151 Å². The quantitative estimate of drug-likeness (QED) is 0.624. The maximum Gasteiger partial charge on any atom is 0.270 e. The Bertz CT molecular complexity index is 894. The van der Waals surface area contributed by atoms with Crippen molar-refractivity contribution in [2.45, 2.75) is 25.7 Å². The fourth-order valence-corrected chi connectivity index (χ4v) is 4.44. The Hall–Kier alpha value is -2.45. The van der Waals surface area contributed by atoms with Crippen LogP contribution in [0.25, 0.3) is 0 Å². The fraction of sp³-hybridized carbons (Fsp3) is 0.250. The Balaban J connectivity index is 1.92. The van der Waals surface area contributed by atoms with Crippen LogP contribution in [0.1, 0.15) is 44.0 Å². The van der Waals surface area contributed by atoms with E-state index in [1.54, 1.807) is 0 Å². The second-order valence-electron chi connectivity index (χ2n) is 5.65. The molecule has 25 heavy (non-hydrogen) atoms. The first-order valence-electron chi connectivity index (χ1n) is 7.58. The molecule has 0 radical (unpaired) electrons. The minimum Gasteiger partial charge on any atom is -0.365 e. The molecule has 0 aliphatic heterocycles. The zero-order valence-electron chi connectivity index (χ0n) is 13.0. The summed E-state index contributed by atoms with van der Waals surface area (Å²) in [6.07, 6.45) is 3.63. The molecule has 2 amide bonds. The summed E-state index contributed by atoms with van der Waals surface area (Å²) in [4.78, 5) is 35.6. The normalized spacial score (nSPS) is 13.2. The highest BCUT2D eigenvalue weighted by atomic mass is 35.5. The first-order valence-corrected chi connectivity index (χ1v) is 8.77. The largest absolute Gasteiger partial charge is 0.365 e. The van der Waals surface area contributed by atoms with Crippen LogP contribution in [0.5, 0.6) is 0 Å². The average molecular weight is 380 g/mol. The molecule has 1 aromatic carbocycles. The molecule has 0 unspecified atom stereocenters. The smallest absolute Gasteiger partial charge is 0.270 e. The van der Waals surface area contributed by atoms with Gasteiger partial charge < -0.3 is 11.1 Å². The Morgan fingerprint density at radius 3 is 2.64 bits per heavy atom. The summed E-state index contributed by atoms with van der Waals surface area (Å²) in [5.74, 6) is -1.12. The topological polar surface area (TPSA) is 115 Å². The van der Waals surface area contributed by atoms with E-state index in [2.05, 4.69) is 5.32 Å². The van der Waals surface area contributed by atoms with E-state index in [0.717, 1.165) is 42.2 Å². The molecule has 1 heterocycles. The fourth-order valence-electron chi connectivity index (χ4n) is 2.89. The lowest BCUT2D eigenvalue weighted by Crippen LogP contribution is -2.18. The molecule has 0 atom stereocenters. The highest BCUT2D eigenvalue weighted by molar-refractivity contribution is 7.17. The number of nitro groups is 1. The lowest BCUT2D eigenvalue weighted by molar-refractivity contribution is -0.384. The Kier molecular flexibility index (Phi) is 4.73. The van der Waals surface area contributed by atoms with Crippen molar-refractivity contribution >= 4 is 45.4 Å². The summed E-state index contributed by atoms with van der Waals surface area (Å²) in [5, 5.41) is 13.8. The number of nitrogens with zero attached hydrogens (tertiary/aromatic N) is 1. The lowest BCUT2D eigenvalue weighted by Gasteiger charge is -2.11. The van der Waals surface area contributed by atoms with Gasteiger partial charge >= 0.3 is 0 Å². The summed E-state index contributed by atoms with van der Waals surface area (Å²) in [7, 11) is 0. The molecule has 0 fully saturated rings. The number of carbonyl (C=O) groups excluding carboxylic acids is 2. The standard InChI is InChI=1S/C16H14ClN3O4S/c17-11-7-8(20(23)24)5-6-9(11)15(22)19-16-13(14(18)21)10-3-1-2-4-12(10)25-16/h5-7H,1-4H2,(H2,18,21)(H,19,22). The van der Waals surface area contributed by atoms with E-state index in [4.69, 9.17) is 17.3 Å². The number of hydrogen-bond acceptors (Lipinski definition) is 5. The molecule has 0 bridgehead atoms. The van der Waals surface area contributed by atoms with Crippen molar-refractivity contribution in [1.29, 1.82) is 0 Å². The van der Waals surface area contributed by atoms with Crippen LogP contribution in [0.15, 0.2) is 18.2 Å². The number of carbonyl (C=O) groups is 2. The minimum absolute atomic E-state index is 0.0337. The van der Waals surface area contributed by atoms with Crippen LogP contribution in [0.2, 0.25) is 5.02 Å². The number of anilines is 1. The van der Waals surface area contributed by atoms with Gasteiger partial charge in [0.1, 0.15) is 5.00 Å². The number of halogens is 1. The van der Waals surface area contributed by atoms with E-state index in [1.165, 1.54) is 23.5 Å². The Morgan fingerprint density at radius 2 is 2.00 bits per heavy atom. The van der Waals surface area contributed by atoms with Gasteiger partial charge in [-0.1, -0.05) is 11.6 Å². The summed E-state index contributed by atoms with van der Waals surface area (Å²) in [6, 6.07) is 3.60. The first kappa shape index (κ1) is 17.4. The van der Waals surface area contributed by atoms with Crippen LogP contribution in [0, 0.1) is 10.1 Å². The van der Waals surface area contributed by atoms with E-state index in [1.807, 2.05) is 0 Å². The van der Waals surface area contributed by atoms with Gasteiger partial charge in [0.2, 0.25) is 0 Å². The number of aryl methyl sites for hydroxylation is 1. The minimum atomic E-state index is -0.591. The van der Waals surface area contributed by atoms with Crippen molar-refractivity contribution in [3.05, 3.63) is 54.9 Å². The monoisotopic (exact) mass is 379 g/mol. The van der Waals surface area contributed by atoms with E-state index in [-0.39, 0.29) is 16.3 Å². The van der Waals surface area contributed by atoms with Crippen LogP contribution < -0.4 is 11.1 Å². The number of nitro benzene ring substituents is 1. The van der Waals surface area contributed by atoms with Crippen LogP contribution in [-0.2, 0) is 12.8 Å². The van der Waals surface area contributed by atoms with Crippen molar-refractivity contribution in [3.63, 3.8) is 0 Å². The number of nitrogens with one attached hydrogen (secondary N) is 1. The summed E-state index contributed by atoms with van der Waals surface area (Å²) in [6.45, 7) is 0. The Morgan fingerprint density at radius 1 is 1.28 bits per heavy atom. The van der Waals surface area contributed by atoms with Crippen molar-refractivity contribution in [2.75, 3.05) is 5.32 Å². The summed E-state index contributed by atoms with van der Waals surface area (Å²) < 4.78 is 0. The zero-order chi connectivity index (χ0) is 18.1. The molecular weight excluding hydrogens is 366 g/mol. The molecular formula is C16H14ClN3O4S. The second kappa shape index (κ2) is 6.81. The van der Waals surface area contributed by atoms with Crippen LogP contribution in [0.3, 0.4) is 0 Å². The predicted molar refractivity (Wildman–Crippen MR) is 95.5 cm³/mol. The third kappa shape index (κ3) is 3.35. The highest BCUT2D eigenvalue weighted by Gasteiger charge is 2.25. The van der Waals surface area contributed by atoms with Crippen molar-refractivity contribution in [3.8, 4) is 0 Å². The number of primary amides is 1. The molecule has 130 valence electrons. The van der Waals surface area contributed by atoms with Crippen LogP contribution >= 0.6 is 22.9 Å². The maximum absolute atomic E-state index is 12.5. The van der Waals surface area contributed by atoms with Crippen LogP contribution in [-0.4, -0.2) is 16.7 Å². The average Bonchev–Trinajstić information content (AvgIpc) is 2.92. The number of non-ortho nitro benzene ring substituents is 1. The molecule has 1 aromatic heterocycles. The first-order chi connectivity index (χ1) is 11.9. The van der Waals surface area contributed by atoms with Crippen LogP contribution in [0.4, 0.5) is 10.7 Å². The number of benzene rings is 1. The van der Waals surface area contributed by atoms with Crippen molar-refractivity contribution < 1.29 is 14.5 Å². The molecule has 0 saturated carbocycles.